The predicted octanol–water partition coefficient (Wildman–Crippen LogP) is 0.184. The molecule has 1 aromatic carbocycles. The van der Waals surface area contributed by atoms with Crippen LogP contribution in [0.15, 0.2) is 30.5 Å². The average Bonchev–Trinajstić information content (AvgIpc) is 3.21. The van der Waals surface area contributed by atoms with Gasteiger partial charge in [0, 0.05) is 29.3 Å². The third-order valence-electron chi connectivity index (χ3n) is 5.47. The monoisotopic (exact) mass is 477 g/mol. The molecule has 1 heterocycles. The molecule has 0 spiro atoms. The number of nitrogens with two attached hydrogens (primary N) is 1. The quantitative estimate of drug-likeness (QED) is 0.215. The number of carboxylic acid groups (broad SMARTS) is 1. The van der Waals surface area contributed by atoms with Crippen molar-refractivity contribution in [2.75, 3.05) is 12.3 Å². The van der Waals surface area contributed by atoms with Crippen LogP contribution in [0.3, 0.4) is 0 Å². The number of aromatic amines is 1. The largest absolute Gasteiger partial charge is 0.480 e. The van der Waals surface area contributed by atoms with Crippen LogP contribution in [-0.2, 0) is 25.6 Å². The fraction of sp³-hybridized carbons (Fsp3) is 0.455. The van der Waals surface area contributed by atoms with Gasteiger partial charge in [-0.05, 0) is 17.5 Å². The van der Waals surface area contributed by atoms with E-state index in [4.69, 9.17) is 10.8 Å². The third kappa shape index (κ3) is 7.22. The van der Waals surface area contributed by atoms with Gasteiger partial charge in [0.05, 0.1) is 6.04 Å². The number of para-hydroxylation sites is 1. The van der Waals surface area contributed by atoms with Crippen LogP contribution in [0, 0.1) is 5.92 Å². The minimum absolute atomic E-state index is 0.0976. The summed E-state index contributed by atoms with van der Waals surface area (Å²) in [6.45, 7) is 3.06. The molecule has 3 amide bonds. The third-order valence-corrected chi connectivity index (χ3v) is 5.87. The lowest BCUT2D eigenvalue weighted by atomic mass is 9.97. The molecule has 33 heavy (non-hydrogen) atoms. The fourth-order valence-corrected chi connectivity index (χ4v) is 3.49. The molecule has 4 atom stereocenters. The molecule has 0 aliphatic heterocycles. The van der Waals surface area contributed by atoms with Crippen molar-refractivity contribution in [1.82, 2.24) is 20.9 Å². The molecule has 7 N–H and O–H groups in total. The van der Waals surface area contributed by atoms with Gasteiger partial charge in [-0.1, -0.05) is 38.5 Å². The maximum Gasteiger partial charge on any atom is 0.322 e. The lowest BCUT2D eigenvalue weighted by molar-refractivity contribution is -0.139. The number of benzene rings is 1. The van der Waals surface area contributed by atoms with Crippen molar-refractivity contribution in [1.29, 1.82) is 0 Å². The zero-order valence-electron chi connectivity index (χ0n) is 18.6. The number of rotatable bonds is 12. The number of carbonyl (C=O) groups is 4. The van der Waals surface area contributed by atoms with Crippen molar-refractivity contribution in [2.24, 2.45) is 11.7 Å². The van der Waals surface area contributed by atoms with Crippen LogP contribution in [0.1, 0.15) is 25.8 Å². The van der Waals surface area contributed by atoms with Gasteiger partial charge in [0.15, 0.2) is 0 Å². The summed E-state index contributed by atoms with van der Waals surface area (Å²) in [4.78, 5) is 52.2. The van der Waals surface area contributed by atoms with Crippen LogP contribution in [-0.4, -0.2) is 64.2 Å². The van der Waals surface area contributed by atoms with E-state index < -0.39 is 48.4 Å². The maximum atomic E-state index is 13.2. The first-order chi connectivity index (χ1) is 15.7. The number of nitrogens with one attached hydrogen (secondary N) is 4. The summed E-state index contributed by atoms with van der Waals surface area (Å²) in [5.74, 6) is -3.09. The summed E-state index contributed by atoms with van der Waals surface area (Å²) in [5, 5.41) is 17.4. The number of carboxylic acids is 1. The summed E-state index contributed by atoms with van der Waals surface area (Å²) in [5.41, 5.74) is 7.46. The minimum Gasteiger partial charge on any atom is -0.480 e. The lowest BCUT2D eigenvalue weighted by Crippen LogP contribution is -2.58. The highest BCUT2D eigenvalue weighted by atomic mass is 32.1. The Morgan fingerprint density at radius 2 is 1.82 bits per heavy atom. The van der Waals surface area contributed by atoms with E-state index >= 15 is 0 Å². The van der Waals surface area contributed by atoms with Gasteiger partial charge in [-0.25, -0.2) is 0 Å². The number of amides is 3. The number of hydrogen-bond acceptors (Lipinski definition) is 6. The van der Waals surface area contributed by atoms with Crippen molar-refractivity contribution in [3.63, 3.8) is 0 Å². The summed E-state index contributed by atoms with van der Waals surface area (Å²) in [7, 11) is 0. The second-order valence-electron chi connectivity index (χ2n) is 7.90. The molecule has 0 radical (unpaired) electrons. The standard InChI is InChI=1S/C22H31N5O5S/c1-3-12(2)19(22(32)25-10-18(28)29)27-21(31)17(26-20(30)15(23)11-33)8-13-9-24-16-7-5-4-6-14(13)16/h4-7,9,12,15,17,19,24,33H,3,8,10-11,23H2,1-2H3,(H,25,32)(H,26,30)(H,27,31)(H,28,29). The number of carbonyl (C=O) groups excluding carboxylic acids is 3. The molecule has 1 aromatic heterocycles. The molecule has 0 aliphatic carbocycles. The van der Waals surface area contributed by atoms with Crippen LogP contribution in [0.25, 0.3) is 10.9 Å². The van der Waals surface area contributed by atoms with Crippen molar-refractivity contribution in [3.05, 3.63) is 36.0 Å². The van der Waals surface area contributed by atoms with E-state index in [2.05, 4.69) is 33.6 Å². The number of fused-ring (bicyclic) bond motifs is 1. The number of aliphatic carboxylic acids is 1. The first-order valence-electron chi connectivity index (χ1n) is 10.7. The molecule has 0 fully saturated rings. The van der Waals surface area contributed by atoms with Gasteiger partial charge in [-0.3, -0.25) is 19.2 Å². The van der Waals surface area contributed by atoms with E-state index in [1.54, 1.807) is 13.1 Å². The molecule has 0 bridgehead atoms. The van der Waals surface area contributed by atoms with Crippen LogP contribution >= 0.6 is 12.6 Å². The summed E-state index contributed by atoms with van der Waals surface area (Å²) in [6, 6.07) is 4.66. The van der Waals surface area contributed by atoms with Crippen LogP contribution in [0.2, 0.25) is 0 Å². The molecular formula is C22H31N5O5S. The van der Waals surface area contributed by atoms with Crippen LogP contribution in [0.5, 0.6) is 0 Å². The van der Waals surface area contributed by atoms with Gasteiger partial charge in [-0.15, -0.1) is 0 Å². The highest BCUT2D eigenvalue weighted by Crippen LogP contribution is 2.19. The number of hydrogen-bond donors (Lipinski definition) is 7. The van der Waals surface area contributed by atoms with E-state index in [0.717, 1.165) is 16.5 Å². The summed E-state index contributed by atoms with van der Waals surface area (Å²) < 4.78 is 0. The van der Waals surface area contributed by atoms with Gasteiger partial charge < -0.3 is 31.8 Å². The first kappa shape index (κ1) is 26.2. The first-order valence-corrected chi connectivity index (χ1v) is 11.3. The average molecular weight is 478 g/mol. The summed E-state index contributed by atoms with van der Waals surface area (Å²) in [6.07, 6.45) is 2.49. The van der Waals surface area contributed by atoms with Gasteiger partial charge in [0.2, 0.25) is 17.7 Å². The van der Waals surface area contributed by atoms with Crippen molar-refractivity contribution < 1.29 is 24.3 Å². The normalized spacial score (nSPS) is 14.7. The zero-order chi connectivity index (χ0) is 24.5. The number of H-pyrrole nitrogens is 1. The molecule has 10 nitrogen and oxygen atoms in total. The topological polar surface area (TPSA) is 166 Å². The van der Waals surface area contributed by atoms with Crippen LogP contribution in [0.4, 0.5) is 0 Å². The molecule has 2 aromatic rings. The van der Waals surface area contributed by atoms with Crippen LogP contribution < -0.4 is 21.7 Å². The second kappa shape index (κ2) is 12.3. The van der Waals surface area contributed by atoms with Gasteiger partial charge in [-0.2, -0.15) is 12.6 Å². The van der Waals surface area contributed by atoms with Gasteiger partial charge in [0.1, 0.15) is 18.6 Å². The van der Waals surface area contributed by atoms with E-state index in [1.807, 2.05) is 31.2 Å². The van der Waals surface area contributed by atoms with Gasteiger partial charge in [0.25, 0.3) is 0 Å². The number of aromatic nitrogens is 1. The van der Waals surface area contributed by atoms with E-state index in [9.17, 15) is 19.2 Å². The van der Waals surface area contributed by atoms with E-state index in [1.165, 1.54) is 0 Å². The molecule has 11 heteroatoms. The highest BCUT2D eigenvalue weighted by molar-refractivity contribution is 7.80. The smallest absolute Gasteiger partial charge is 0.322 e. The fourth-order valence-electron chi connectivity index (χ4n) is 3.32. The minimum atomic E-state index is -1.19. The molecular weight excluding hydrogens is 446 g/mol. The van der Waals surface area contributed by atoms with Gasteiger partial charge >= 0.3 is 5.97 Å². The Bertz CT molecular complexity index is 994. The zero-order valence-corrected chi connectivity index (χ0v) is 19.5. The second-order valence-corrected chi connectivity index (χ2v) is 8.26. The molecule has 0 aliphatic rings. The maximum absolute atomic E-state index is 13.2. The Kier molecular flexibility index (Phi) is 9.74. The van der Waals surface area contributed by atoms with Crippen molar-refractivity contribution in [3.8, 4) is 0 Å². The molecule has 0 saturated heterocycles. The Labute approximate surface area is 197 Å². The van der Waals surface area contributed by atoms with E-state index in [0.29, 0.717) is 6.42 Å². The molecule has 2 rings (SSSR count). The molecule has 0 saturated carbocycles. The lowest BCUT2D eigenvalue weighted by Gasteiger charge is -2.27. The molecule has 4 unspecified atom stereocenters. The van der Waals surface area contributed by atoms with Crippen molar-refractivity contribution >= 4 is 47.2 Å². The van der Waals surface area contributed by atoms with E-state index in [-0.39, 0.29) is 18.1 Å². The van der Waals surface area contributed by atoms with Crippen molar-refractivity contribution in [2.45, 2.75) is 44.8 Å². The summed E-state index contributed by atoms with van der Waals surface area (Å²) >= 11 is 4.04. The predicted molar refractivity (Wildman–Crippen MR) is 128 cm³/mol. The Morgan fingerprint density at radius 3 is 2.45 bits per heavy atom. The highest BCUT2D eigenvalue weighted by Gasteiger charge is 2.31. The number of thiol groups is 1. The molecule has 180 valence electrons. The Morgan fingerprint density at radius 1 is 1.12 bits per heavy atom. The Balaban J connectivity index is 2.27. The SMILES string of the molecule is CCC(C)C(NC(=O)C(Cc1c[nH]c2ccccc12)NC(=O)C(N)CS)C(=O)NCC(=O)O. The Hall–Kier alpha value is -3.05.